The maximum absolute atomic E-state index is 11.3. The Morgan fingerprint density at radius 3 is 2.85 bits per heavy atom. The summed E-state index contributed by atoms with van der Waals surface area (Å²) in [5.41, 5.74) is 0. The van der Waals surface area contributed by atoms with Gasteiger partial charge in [-0.15, -0.1) is 0 Å². The van der Waals surface area contributed by atoms with Gasteiger partial charge < -0.3 is 4.74 Å². The molecule has 0 spiro atoms. The van der Waals surface area contributed by atoms with Crippen LogP contribution in [0.3, 0.4) is 0 Å². The fraction of sp³-hybridized carbons (Fsp3) is 0.909. The maximum Gasteiger partial charge on any atom is 0.306 e. The van der Waals surface area contributed by atoms with Crippen LogP contribution in [0, 0.1) is 0 Å². The zero-order valence-electron chi connectivity index (χ0n) is 8.55. The van der Waals surface area contributed by atoms with Crippen molar-refractivity contribution in [2.45, 2.75) is 64.4 Å². The highest BCUT2D eigenvalue weighted by atomic mass is 16.5. The summed E-state index contributed by atoms with van der Waals surface area (Å²) in [7, 11) is 0. The van der Waals surface area contributed by atoms with Gasteiger partial charge in [0.15, 0.2) is 0 Å². The Morgan fingerprint density at radius 1 is 1.31 bits per heavy atom. The Balaban J connectivity index is 2.36. The van der Waals surface area contributed by atoms with E-state index in [4.69, 9.17) is 4.74 Å². The first-order valence-electron chi connectivity index (χ1n) is 5.52. The molecule has 2 nitrogen and oxygen atoms in total. The van der Waals surface area contributed by atoms with E-state index in [-0.39, 0.29) is 12.1 Å². The van der Waals surface area contributed by atoms with Crippen molar-refractivity contribution >= 4 is 5.97 Å². The maximum atomic E-state index is 11.3. The third-order valence-corrected chi connectivity index (χ3v) is 2.57. The summed E-state index contributed by atoms with van der Waals surface area (Å²) < 4.78 is 5.37. The third-order valence-electron chi connectivity index (χ3n) is 2.57. The molecule has 1 heterocycles. The van der Waals surface area contributed by atoms with Crippen molar-refractivity contribution in [2.24, 2.45) is 0 Å². The Kier molecular flexibility index (Phi) is 4.87. The van der Waals surface area contributed by atoms with Crippen LogP contribution in [0.2, 0.25) is 0 Å². The summed E-state index contributed by atoms with van der Waals surface area (Å²) in [6.45, 7) is 2.14. The van der Waals surface area contributed by atoms with Crippen molar-refractivity contribution in [1.29, 1.82) is 0 Å². The van der Waals surface area contributed by atoms with E-state index in [0.717, 1.165) is 25.7 Å². The van der Waals surface area contributed by atoms with Gasteiger partial charge in [-0.1, -0.05) is 26.2 Å². The van der Waals surface area contributed by atoms with E-state index in [9.17, 15) is 4.79 Å². The zero-order valence-corrected chi connectivity index (χ0v) is 8.55. The van der Waals surface area contributed by atoms with Gasteiger partial charge >= 0.3 is 5.97 Å². The number of cyclic esters (lactones) is 1. The molecule has 0 aromatic heterocycles. The Hall–Kier alpha value is -0.530. The normalized spacial score (nSPS) is 25.6. The molecule has 0 bridgehead atoms. The van der Waals surface area contributed by atoms with Gasteiger partial charge in [0.25, 0.3) is 0 Å². The molecular formula is C11H20O2. The van der Waals surface area contributed by atoms with E-state index < -0.39 is 0 Å². The van der Waals surface area contributed by atoms with Crippen molar-refractivity contribution in [3.8, 4) is 0 Å². The van der Waals surface area contributed by atoms with Crippen LogP contribution in [-0.4, -0.2) is 12.1 Å². The van der Waals surface area contributed by atoms with Crippen LogP contribution >= 0.6 is 0 Å². The lowest BCUT2D eigenvalue weighted by atomic mass is 10.1. The van der Waals surface area contributed by atoms with Crippen LogP contribution < -0.4 is 0 Å². The van der Waals surface area contributed by atoms with Gasteiger partial charge in [-0.3, -0.25) is 4.79 Å². The lowest BCUT2D eigenvalue weighted by Gasteiger charge is -2.15. The van der Waals surface area contributed by atoms with Crippen molar-refractivity contribution < 1.29 is 9.53 Å². The summed E-state index contributed by atoms with van der Waals surface area (Å²) >= 11 is 0. The molecule has 1 unspecified atom stereocenters. The molecule has 2 heteroatoms. The Labute approximate surface area is 80.7 Å². The molecule has 13 heavy (non-hydrogen) atoms. The summed E-state index contributed by atoms with van der Waals surface area (Å²) in [5.74, 6) is 0.0142. The van der Waals surface area contributed by atoms with Crippen molar-refractivity contribution in [3.63, 3.8) is 0 Å². The van der Waals surface area contributed by atoms with Gasteiger partial charge in [0.1, 0.15) is 6.10 Å². The highest BCUT2D eigenvalue weighted by Gasteiger charge is 2.14. The smallest absolute Gasteiger partial charge is 0.306 e. The lowest BCUT2D eigenvalue weighted by molar-refractivity contribution is -0.149. The van der Waals surface area contributed by atoms with Crippen molar-refractivity contribution in [1.82, 2.24) is 0 Å². The number of carbonyl (C=O) groups is 1. The summed E-state index contributed by atoms with van der Waals surface area (Å²) in [5, 5.41) is 0. The molecule has 0 aromatic carbocycles. The molecule has 1 aliphatic heterocycles. The molecule has 0 saturated carbocycles. The van der Waals surface area contributed by atoms with Crippen LogP contribution in [0.15, 0.2) is 0 Å². The van der Waals surface area contributed by atoms with Crippen LogP contribution in [-0.2, 0) is 9.53 Å². The van der Waals surface area contributed by atoms with Gasteiger partial charge in [-0.2, -0.15) is 0 Å². The number of esters is 1. The van der Waals surface area contributed by atoms with E-state index in [1.54, 1.807) is 0 Å². The van der Waals surface area contributed by atoms with Gasteiger partial charge in [-0.25, -0.2) is 0 Å². The predicted molar refractivity (Wildman–Crippen MR) is 52.5 cm³/mol. The van der Waals surface area contributed by atoms with Gasteiger partial charge in [0, 0.05) is 6.42 Å². The molecule has 1 atom stereocenters. The molecule has 0 aliphatic carbocycles. The SMILES string of the molecule is CCCC1CCCCCCC(=O)O1. The standard InChI is InChI=1S/C11H20O2/c1-2-7-10-8-5-3-4-6-9-11(12)13-10/h10H,2-9H2,1H3. The highest BCUT2D eigenvalue weighted by Crippen LogP contribution is 2.17. The van der Waals surface area contributed by atoms with E-state index >= 15 is 0 Å². The quantitative estimate of drug-likeness (QED) is 0.616. The molecule has 0 N–H and O–H groups in total. The first-order chi connectivity index (χ1) is 6.33. The first-order valence-corrected chi connectivity index (χ1v) is 5.52. The number of hydrogen-bond donors (Lipinski definition) is 0. The summed E-state index contributed by atoms with van der Waals surface area (Å²) in [6.07, 6.45) is 8.72. The first kappa shape index (κ1) is 10.6. The summed E-state index contributed by atoms with van der Waals surface area (Å²) in [4.78, 5) is 11.3. The zero-order chi connectivity index (χ0) is 9.52. The molecule has 0 radical (unpaired) electrons. The average Bonchev–Trinajstić information content (AvgIpc) is 2.18. The number of carbonyl (C=O) groups excluding carboxylic acids is 1. The fourth-order valence-electron chi connectivity index (χ4n) is 1.82. The second-order valence-corrected chi connectivity index (χ2v) is 3.85. The predicted octanol–water partition coefficient (Wildman–Crippen LogP) is 3.05. The molecular weight excluding hydrogens is 164 g/mol. The van der Waals surface area contributed by atoms with E-state index in [2.05, 4.69) is 6.92 Å². The van der Waals surface area contributed by atoms with Gasteiger partial charge in [0.05, 0.1) is 0 Å². The molecule has 1 aliphatic rings. The highest BCUT2D eigenvalue weighted by molar-refractivity contribution is 5.69. The lowest BCUT2D eigenvalue weighted by Crippen LogP contribution is -2.17. The molecule has 1 fully saturated rings. The van der Waals surface area contributed by atoms with E-state index in [0.29, 0.717) is 6.42 Å². The minimum absolute atomic E-state index is 0.0142. The van der Waals surface area contributed by atoms with E-state index in [1.165, 1.54) is 19.3 Å². The van der Waals surface area contributed by atoms with Crippen LogP contribution in [0.5, 0.6) is 0 Å². The molecule has 0 amide bonds. The second-order valence-electron chi connectivity index (χ2n) is 3.85. The van der Waals surface area contributed by atoms with Gasteiger partial charge in [0.2, 0.25) is 0 Å². The van der Waals surface area contributed by atoms with Gasteiger partial charge in [-0.05, 0) is 25.7 Å². The second kappa shape index (κ2) is 6.01. The Bertz CT molecular complexity index is 154. The topological polar surface area (TPSA) is 26.3 Å². The third kappa shape index (κ3) is 4.30. The average molecular weight is 184 g/mol. The van der Waals surface area contributed by atoms with Crippen molar-refractivity contribution in [2.75, 3.05) is 0 Å². The largest absolute Gasteiger partial charge is 0.462 e. The number of rotatable bonds is 2. The minimum Gasteiger partial charge on any atom is -0.462 e. The minimum atomic E-state index is 0.0142. The van der Waals surface area contributed by atoms with Crippen LogP contribution in [0.1, 0.15) is 58.3 Å². The Morgan fingerprint density at radius 2 is 2.08 bits per heavy atom. The summed E-state index contributed by atoms with van der Waals surface area (Å²) in [6, 6.07) is 0. The number of hydrogen-bond acceptors (Lipinski definition) is 2. The molecule has 76 valence electrons. The van der Waals surface area contributed by atoms with Crippen LogP contribution in [0.4, 0.5) is 0 Å². The van der Waals surface area contributed by atoms with E-state index in [1.807, 2.05) is 0 Å². The van der Waals surface area contributed by atoms with Crippen LogP contribution in [0.25, 0.3) is 0 Å². The molecule has 1 saturated heterocycles. The number of ether oxygens (including phenoxy) is 1. The monoisotopic (exact) mass is 184 g/mol. The van der Waals surface area contributed by atoms with Crippen molar-refractivity contribution in [3.05, 3.63) is 0 Å². The fourth-order valence-corrected chi connectivity index (χ4v) is 1.82. The molecule has 1 rings (SSSR count). The molecule has 0 aromatic rings.